The van der Waals surface area contributed by atoms with Crippen LogP contribution in [0.25, 0.3) is 0 Å². The number of ether oxygens (including phenoxy) is 3. The van der Waals surface area contributed by atoms with Gasteiger partial charge < -0.3 is 29.5 Å². The van der Waals surface area contributed by atoms with Gasteiger partial charge in [0.2, 0.25) is 0 Å². The zero-order chi connectivity index (χ0) is 26.9. The predicted molar refractivity (Wildman–Crippen MR) is 132 cm³/mol. The van der Waals surface area contributed by atoms with Crippen LogP contribution in [-0.2, 0) is 23.8 Å². The molecule has 0 bridgehead atoms. The Balaban J connectivity index is 1.51. The number of allylic oxidation sites excluding steroid dienone is 1. The Morgan fingerprint density at radius 2 is 1.81 bits per heavy atom. The maximum absolute atomic E-state index is 13.5. The van der Waals surface area contributed by atoms with Gasteiger partial charge in [-0.3, -0.25) is 4.79 Å². The summed E-state index contributed by atoms with van der Waals surface area (Å²) in [5, 5.41) is 35.6. The minimum absolute atomic E-state index is 0.0983. The van der Waals surface area contributed by atoms with E-state index in [9.17, 15) is 24.9 Å². The zero-order valence-corrected chi connectivity index (χ0v) is 22.6. The molecule has 12 atom stereocenters. The van der Waals surface area contributed by atoms with E-state index >= 15 is 0 Å². The SMILES string of the molecule is COC12CC3C(CC(O)C4(O)CC=CC(=O)C34C)C3CCC(O)(C(C)C(C4OC(=O)C(C)=C4C)O1)C32C. The first-order chi connectivity index (χ1) is 17.2. The van der Waals surface area contributed by atoms with Gasteiger partial charge in [0, 0.05) is 25.0 Å². The molecule has 3 N–H and O–H groups in total. The third kappa shape index (κ3) is 2.62. The van der Waals surface area contributed by atoms with Crippen LogP contribution in [0.1, 0.15) is 66.7 Å². The second-order valence-corrected chi connectivity index (χ2v) is 13.1. The summed E-state index contributed by atoms with van der Waals surface area (Å²) in [7, 11) is 1.58. The first-order valence-corrected chi connectivity index (χ1v) is 13.7. The van der Waals surface area contributed by atoms with Crippen LogP contribution in [0, 0.1) is 34.5 Å². The van der Waals surface area contributed by atoms with Gasteiger partial charge in [-0.05, 0) is 75.9 Å². The van der Waals surface area contributed by atoms with Gasteiger partial charge in [0.25, 0.3) is 0 Å². The van der Waals surface area contributed by atoms with Crippen molar-refractivity contribution in [3.8, 4) is 0 Å². The average Bonchev–Trinajstić information content (AvgIpc) is 3.29. The molecule has 0 aromatic heterocycles. The van der Waals surface area contributed by atoms with Crippen molar-refractivity contribution in [1.82, 2.24) is 0 Å². The van der Waals surface area contributed by atoms with Crippen molar-refractivity contribution in [2.75, 3.05) is 7.11 Å². The highest BCUT2D eigenvalue weighted by atomic mass is 16.7. The van der Waals surface area contributed by atoms with Gasteiger partial charge in [-0.25, -0.2) is 4.79 Å². The number of ketones is 1. The van der Waals surface area contributed by atoms with E-state index in [1.165, 1.54) is 6.08 Å². The number of hydrogen-bond acceptors (Lipinski definition) is 8. The molecular weight excluding hydrogens is 476 g/mol. The number of aliphatic hydroxyl groups excluding tert-OH is 1. The molecule has 8 nitrogen and oxygen atoms in total. The Morgan fingerprint density at radius 1 is 1.11 bits per heavy atom. The van der Waals surface area contributed by atoms with Crippen LogP contribution in [0.4, 0.5) is 0 Å². The summed E-state index contributed by atoms with van der Waals surface area (Å²) in [4.78, 5) is 26.0. The lowest BCUT2D eigenvalue weighted by Gasteiger charge is -2.70. The maximum Gasteiger partial charge on any atom is 0.334 e. The van der Waals surface area contributed by atoms with E-state index in [0.717, 1.165) is 5.57 Å². The fraction of sp³-hybridized carbons (Fsp3) is 0.793. The number of carbonyl (C=O) groups excluding carboxylic acids is 2. The molecule has 8 heteroatoms. The van der Waals surface area contributed by atoms with Crippen molar-refractivity contribution in [1.29, 1.82) is 0 Å². The van der Waals surface area contributed by atoms with Gasteiger partial charge in [-0.2, -0.15) is 0 Å². The van der Waals surface area contributed by atoms with Crippen LogP contribution < -0.4 is 0 Å². The van der Waals surface area contributed by atoms with E-state index in [1.54, 1.807) is 27.0 Å². The molecule has 6 aliphatic rings. The van der Waals surface area contributed by atoms with Gasteiger partial charge in [-0.15, -0.1) is 0 Å². The van der Waals surface area contributed by atoms with E-state index < -0.39 is 46.1 Å². The van der Waals surface area contributed by atoms with E-state index in [2.05, 4.69) is 0 Å². The quantitative estimate of drug-likeness (QED) is 0.479. The van der Waals surface area contributed by atoms with Crippen LogP contribution in [-0.4, -0.2) is 69.5 Å². The second kappa shape index (κ2) is 7.54. The molecule has 12 unspecified atom stereocenters. The lowest BCUT2D eigenvalue weighted by atomic mass is 9.40. The van der Waals surface area contributed by atoms with E-state index in [1.807, 2.05) is 20.8 Å². The Bertz CT molecular complexity index is 1130. The monoisotopic (exact) mass is 516 g/mol. The molecule has 0 amide bonds. The van der Waals surface area contributed by atoms with E-state index in [-0.39, 0.29) is 48.3 Å². The molecule has 4 fully saturated rings. The third-order valence-electron chi connectivity index (χ3n) is 12.4. The summed E-state index contributed by atoms with van der Waals surface area (Å²) in [6, 6.07) is 0. The lowest BCUT2D eigenvalue weighted by molar-refractivity contribution is -0.425. The molecule has 0 aromatic rings. The number of cyclic esters (lactones) is 1. The maximum atomic E-state index is 13.5. The van der Waals surface area contributed by atoms with Crippen molar-refractivity contribution >= 4 is 11.8 Å². The highest BCUT2D eigenvalue weighted by Crippen LogP contribution is 2.74. The fourth-order valence-electron chi connectivity index (χ4n) is 9.89. The Hall–Kier alpha value is -1.58. The number of methoxy groups -OCH3 is 1. The Kier molecular flexibility index (Phi) is 5.23. The summed E-state index contributed by atoms with van der Waals surface area (Å²) in [5.41, 5.74) is -3.49. The van der Waals surface area contributed by atoms with Crippen LogP contribution in [0.15, 0.2) is 23.3 Å². The van der Waals surface area contributed by atoms with Gasteiger partial charge in [0.15, 0.2) is 17.7 Å². The number of esters is 1. The average molecular weight is 517 g/mol. The topological polar surface area (TPSA) is 123 Å². The summed E-state index contributed by atoms with van der Waals surface area (Å²) in [6.45, 7) is 9.38. The normalized spacial score (nSPS) is 56.6. The minimum Gasteiger partial charge on any atom is -0.452 e. The number of rotatable bonds is 2. The van der Waals surface area contributed by atoms with Crippen molar-refractivity contribution < 1.29 is 39.1 Å². The van der Waals surface area contributed by atoms with Gasteiger partial charge in [-0.1, -0.05) is 19.9 Å². The van der Waals surface area contributed by atoms with Gasteiger partial charge >= 0.3 is 5.97 Å². The molecule has 0 spiro atoms. The predicted octanol–water partition coefficient (Wildman–Crippen LogP) is 2.44. The van der Waals surface area contributed by atoms with Crippen LogP contribution in [0.2, 0.25) is 0 Å². The second-order valence-electron chi connectivity index (χ2n) is 13.1. The summed E-state index contributed by atoms with van der Waals surface area (Å²) in [5.74, 6) is -2.75. The molecule has 2 aliphatic heterocycles. The molecule has 204 valence electrons. The number of carbonyl (C=O) groups is 2. The summed E-state index contributed by atoms with van der Waals surface area (Å²) in [6.07, 6.45) is 2.88. The first-order valence-electron chi connectivity index (χ1n) is 13.7. The van der Waals surface area contributed by atoms with Crippen molar-refractivity contribution in [2.24, 2.45) is 34.5 Å². The Labute approximate surface area is 218 Å². The molecule has 2 heterocycles. The Morgan fingerprint density at radius 3 is 2.43 bits per heavy atom. The third-order valence-corrected chi connectivity index (χ3v) is 12.4. The smallest absolute Gasteiger partial charge is 0.334 e. The lowest BCUT2D eigenvalue weighted by Crippen LogP contribution is -2.78. The molecule has 37 heavy (non-hydrogen) atoms. The minimum atomic E-state index is -1.59. The summed E-state index contributed by atoms with van der Waals surface area (Å²) >= 11 is 0. The fourth-order valence-corrected chi connectivity index (χ4v) is 9.89. The van der Waals surface area contributed by atoms with Crippen LogP contribution in [0.3, 0.4) is 0 Å². The number of fused-ring (bicyclic) bond motifs is 4. The van der Waals surface area contributed by atoms with E-state index in [4.69, 9.17) is 14.2 Å². The van der Waals surface area contributed by atoms with Gasteiger partial charge in [0.1, 0.15) is 11.7 Å². The molecule has 0 aromatic carbocycles. The largest absolute Gasteiger partial charge is 0.452 e. The molecule has 0 radical (unpaired) electrons. The van der Waals surface area contributed by atoms with Gasteiger partial charge in [0.05, 0.1) is 22.5 Å². The highest BCUT2D eigenvalue weighted by Gasteiger charge is 2.81. The van der Waals surface area contributed by atoms with Crippen molar-refractivity contribution in [3.05, 3.63) is 23.3 Å². The zero-order valence-electron chi connectivity index (χ0n) is 22.6. The standard InChI is InChI=1S/C29H40O8/c1-14-15(2)24(32)36-22(14)23-16(3)27(33)11-9-18-17-12-21(31)28(34)10-7-8-20(30)25(28,4)19(17)13-29(35-6,37-23)26(18,27)5/h7-8,16-19,21-23,31,33-34H,9-13H2,1-6H3. The van der Waals surface area contributed by atoms with E-state index in [0.29, 0.717) is 24.8 Å². The molecule has 6 rings (SSSR count). The van der Waals surface area contributed by atoms with Crippen molar-refractivity contribution in [2.45, 2.75) is 102 Å². The molecule has 3 saturated carbocycles. The number of hydrogen-bond donors (Lipinski definition) is 3. The molecular formula is C29H40O8. The summed E-state index contributed by atoms with van der Waals surface area (Å²) < 4.78 is 19.0. The highest BCUT2D eigenvalue weighted by molar-refractivity contribution is 5.97. The molecule has 1 saturated heterocycles. The van der Waals surface area contributed by atoms with Crippen LogP contribution >= 0.6 is 0 Å². The molecule has 4 aliphatic carbocycles. The van der Waals surface area contributed by atoms with Crippen molar-refractivity contribution in [3.63, 3.8) is 0 Å². The van der Waals surface area contributed by atoms with Crippen LogP contribution in [0.5, 0.6) is 0 Å². The number of aliphatic hydroxyl groups is 3. The first kappa shape index (κ1) is 25.7.